The second-order valence-corrected chi connectivity index (χ2v) is 5.86. The smallest absolute Gasteiger partial charge is 0.0294 e. The monoisotopic (exact) mass is 245 g/mol. The summed E-state index contributed by atoms with van der Waals surface area (Å²) in [6.45, 7) is 6.81. The van der Waals surface area contributed by atoms with Gasteiger partial charge in [0, 0.05) is 12.1 Å². The minimum atomic E-state index is 0.474. The first-order valence-electron chi connectivity index (χ1n) is 7.53. The van der Waals surface area contributed by atoms with Crippen molar-refractivity contribution in [3.05, 3.63) is 35.4 Å². The SMILES string of the molecule is CCC1CCCCC1N[C@@H](C)c1cccc(C)c1. The Kier molecular flexibility index (Phi) is 4.82. The number of rotatable bonds is 4. The van der Waals surface area contributed by atoms with Gasteiger partial charge in [0.2, 0.25) is 0 Å². The summed E-state index contributed by atoms with van der Waals surface area (Å²) in [7, 11) is 0. The molecule has 2 rings (SSSR count). The van der Waals surface area contributed by atoms with Crippen LogP contribution in [-0.4, -0.2) is 6.04 Å². The van der Waals surface area contributed by atoms with Gasteiger partial charge in [0.1, 0.15) is 0 Å². The summed E-state index contributed by atoms with van der Waals surface area (Å²) < 4.78 is 0. The fraction of sp³-hybridized carbons (Fsp3) is 0.647. The van der Waals surface area contributed by atoms with Crippen molar-refractivity contribution in [1.29, 1.82) is 0 Å². The molecule has 0 heterocycles. The molecule has 1 aromatic rings. The van der Waals surface area contributed by atoms with E-state index in [4.69, 9.17) is 0 Å². The molecule has 0 radical (unpaired) electrons. The fourth-order valence-electron chi connectivity index (χ4n) is 3.27. The summed E-state index contributed by atoms with van der Waals surface area (Å²) in [6.07, 6.45) is 6.91. The molecule has 0 amide bonds. The van der Waals surface area contributed by atoms with Crippen molar-refractivity contribution >= 4 is 0 Å². The Labute approximate surface area is 112 Å². The molecule has 18 heavy (non-hydrogen) atoms. The molecular weight excluding hydrogens is 218 g/mol. The normalized spacial score (nSPS) is 25.9. The Morgan fingerprint density at radius 3 is 2.78 bits per heavy atom. The van der Waals surface area contributed by atoms with Gasteiger partial charge in [-0.15, -0.1) is 0 Å². The summed E-state index contributed by atoms with van der Waals surface area (Å²) in [4.78, 5) is 0. The Morgan fingerprint density at radius 2 is 2.06 bits per heavy atom. The molecule has 1 heteroatoms. The molecule has 3 atom stereocenters. The second-order valence-electron chi connectivity index (χ2n) is 5.86. The molecular formula is C17H27N. The highest BCUT2D eigenvalue weighted by molar-refractivity contribution is 5.24. The summed E-state index contributed by atoms with van der Waals surface area (Å²) in [5, 5.41) is 3.86. The van der Waals surface area contributed by atoms with E-state index < -0.39 is 0 Å². The standard InChI is InChI=1S/C17H27N/c1-4-15-9-5-6-11-17(15)18-14(3)16-10-7-8-13(2)12-16/h7-8,10,12,14-15,17-18H,4-6,9,11H2,1-3H3/t14-,15?,17?/m0/s1. The number of aryl methyl sites for hydroxylation is 1. The minimum absolute atomic E-state index is 0.474. The molecule has 1 fully saturated rings. The molecule has 0 aliphatic heterocycles. The minimum Gasteiger partial charge on any atom is -0.307 e. The molecule has 0 saturated heterocycles. The topological polar surface area (TPSA) is 12.0 Å². The van der Waals surface area contributed by atoms with Gasteiger partial charge < -0.3 is 5.32 Å². The van der Waals surface area contributed by atoms with Gasteiger partial charge in [-0.05, 0) is 38.2 Å². The van der Waals surface area contributed by atoms with Crippen LogP contribution in [0.4, 0.5) is 0 Å². The Bertz CT molecular complexity index is 372. The second kappa shape index (κ2) is 6.38. The first-order valence-corrected chi connectivity index (χ1v) is 7.53. The van der Waals surface area contributed by atoms with Crippen molar-refractivity contribution < 1.29 is 0 Å². The molecule has 100 valence electrons. The number of benzene rings is 1. The van der Waals surface area contributed by atoms with Gasteiger partial charge in [-0.2, -0.15) is 0 Å². The summed E-state index contributed by atoms with van der Waals surface area (Å²) in [6, 6.07) is 10.1. The maximum Gasteiger partial charge on any atom is 0.0294 e. The zero-order valence-electron chi connectivity index (χ0n) is 12.1. The van der Waals surface area contributed by atoms with E-state index in [9.17, 15) is 0 Å². The summed E-state index contributed by atoms with van der Waals surface area (Å²) in [5.41, 5.74) is 2.78. The molecule has 1 aromatic carbocycles. The van der Waals surface area contributed by atoms with Crippen molar-refractivity contribution in [3.63, 3.8) is 0 Å². The zero-order chi connectivity index (χ0) is 13.0. The van der Waals surface area contributed by atoms with Crippen molar-refractivity contribution in [2.24, 2.45) is 5.92 Å². The Balaban J connectivity index is 1.99. The van der Waals surface area contributed by atoms with Crippen LogP contribution >= 0.6 is 0 Å². The van der Waals surface area contributed by atoms with Gasteiger partial charge >= 0.3 is 0 Å². The molecule has 1 saturated carbocycles. The van der Waals surface area contributed by atoms with Crippen LogP contribution in [0.25, 0.3) is 0 Å². The highest BCUT2D eigenvalue weighted by Gasteiger charge is 2.24. The van der Waals surface area contributed by atoms with E-state index in [1.54, 1.807) is 0 Å². The maximum atomic E-state index is 3.86. The van der Waals surface area contributed by atoms with Gasteiger partial charge in [-0.3, -0.25) is 0 Å². The van der Waals surface area contributed by atoms with Gasteiger partial charge in [0.15, 0.2) is 0 Å². The van der Waals surface area contributed by atoms with Crippen LogP contribution in [-0.2, 0) is 0 Å². The highest BCUT2D eigenvalue weighted by Crippen LogP contribution is 2.28. The average Bonchev–Trinajstić information content (AvgIpc) is 2.39. The third-order valence-corrected chi connectivity index (χ3v) is 4.44. The van der Waals surface area contributed by atoms with E-state index in [0.29, 0.717) is 6.04 Å². The molecule has 1 nitrogen and oxygen atoms in total. The third-order valence-electron chi connectivity index (χ3n) is 4.44. The Hall–Kier alpha value is -0.820. The molecule has 1 N–H and O–H groups in total. The largest absolute Gasteiger partial charge is 0.307 e. The van der Waals surface area contributed by atoms with Crippen molar-refractivity contribution in [3.8, 4) is 0 Å². The van der Waals surface area contributed by atoms with Crippen molar-refractivity contribution in [2.45, 2.75) is 65.0 Å². The van der Waals surface area contributed by atoms with Crippen LogP contribution < -0.4 is 5.32 Å². The lowest BCUT2D eigenvalue weighted by molar-refractivity contribution is 0.240. The van der Waals surface area contributed by atoms with Crippen LogP contribution in [0, 0.1) is 12.8 Å². The zero-order valence-corrected chi connectivity index (χ0v) is 12.1. The first kappa shape index (κ1) is 13.6. The number of nitrogens with one attached hydrogen (secondary N) is 1. The van der Waals surface area contributed by atoms with E-state index in [1.807, 2.05) is 0 Å². The lowest BCUT2D eigenvalue weighted by Gasteiger charge is -2.34. The third kappa shape index (κ3) is 3.35. The molecule has 0 aromatic heterocycles. The van der Waals surface area contributed by atoms with Crippen molar-refractivity contribution in [2.75, 3.05) is 0 Å². The lowest BCUT2D eigenvalue weighted by Crippen LogP contribution is -2.39. The van der Waals surface area contributed by atoms with E-state index in [-0.39, 0.29) is 0 Å². The quantitative estimate of drug-likeness (QED) is 0.816. The van der Waals surface area contributed by atoms with Crippen LogP contribution in [0.5, 0.6) is 0 Å². The van der Waals surface area contributed by atoms with Crippen LogP contribution in [0.1, 0.15) is 63.1 Å². The summed E-state index contributed by atoms with van der Waals surface area (Å²) >= 11 is 0. The van der Waals surface area contributed by atoms with Crippen LogP contribution in [0.3, 0.4) is 0 Å². The van der Waals surface area contributed by atoms with E-state index in [1.165, 1.54) is 43.2 Å². The predicted octanol–water partition coefficient (Wildman–Crippen LogP) is 4.61. The van der Waals surface area contributed by atoms with Crippen LogP contribution in [0.2, 0.25) is 0 Å². The van der Waals surface area contributed by atoms with Gasteiger partial charge in [0.05, 0.1) is 0 Å². The fourth-order valence-corrected chi connectivity index (χ4v) is 3.27. The van der Waals surface area contributed by atoms with E-state index in [0.717, 1.165) is 12.0 Å². The first-order chi connectivity index (χ1) is 8.70. The van der Waals surface area contributed by atoms with Gasteiger partial charge in [-0.25, -0.2) is 0 Å². The van der Waals surface area contributed by atoms with E-state index in [2.05, 4.69) is 50.4 Å². The number of hydrogen-bond acceptors (Lipinski definition) is 1. The lowest BCUT2D eigenvalue weighted by atomic mass is 9.82. The van der Waals surface area contributed by atoms with Crippen LogP contribution in [0.15, 0.2) is 24.3 Å². The average molecular weight is 245 g/mol. The number of hydrogen-bond donors (Lipinski definition) is 1. The summed E-state index contributed by atoms with van der Waals surface area (Å²) in [5.74, 6) is 0.881. The van der Waals surface area contributed by atoms with Gasteiger partial charge in [0.25, 0.3) is 0 Å². The highest BCUT2D eigenvalue weighted by atomic mass is 15.0. The Morgan fingerprint density at radius 1 is 1.28 bits per heavy atom. The molecule has 1 aliphatic carbocycles. The molecule has 0 bridgehead atoms. The predicted molar refractivity (Wildman–Crippen MR) is 78.8 cm³/mol. The van der Waals surface area contributed by atoms with Crippen molar-refractivity contribution in [1.82, 2.24) is 5.32 Å². The molecule has 0 spiro atoms. The molecule has 2 unspecified atom stereocenters. The maximum absolute atomic E-state index is 3.86. The van der Waals surface area contributed by atoms with E-state index >= 15 is 0 Å². The van der Waals surface area contributed by atoms with Gasteiger partial charge in [-0.1, -0.05) is 56.0 Å². The molecule has 1 aliphatic rings.